The van der Waals surface area contributed by atoms with E-state index in [-0.39, 0.29) is 11.5 Å². The largest absolute Gasteiger partial charge is 0.366 e. The van der Waals surface area contributed by atoms with Gasteiger partial charge in [0.2, 0.25) is 5.95 Å². The average Bonchev–Trinajstić information content (AvgIpc) is 2.65. The zero-order valence-electron chi connectivity index (χ0n) is 7.61. The van der Waals surface area contributed by atoms with Gasteiger partial charge in [-0.05, 0) is 0 Å². The SMILES string of the molecule is Nc1n[nH]c(-c2ccc(C(F)F)cc2)n1. The highest BCUT2D eigenvalue weighted by molar-refractivity contribution is 5.56. The maximum atomic E-state index is 12.2. The van der Waals surface area contributed by atoms with E-state index >= 15 is 0 Å². The van der Waals surface area contributed by atoms with E-state index in [1.807, 2.05) is 0 Å². The number of alkyl halides is 2. The Hall–Kier alpha value is -1.98. The van der Waals surface area contributed by atoms with E-state index in [9.17, 15) is 8.78 Å². The van der Waals surface area contributed by atoms with Gasteiger partial charge in [0.1, 0.15) is 0 Å². The van der Waals surface area contributed by atoms with Crippen molar-refractivity contribution >= 4 is 5.95 Å². The summed E-state index contributed by atoms with van der Waals surface area (Å²) in [4.78, 5) is 3.88. The first kappa shape index (κ1) is 9.57. The smallest absolute Gasteiger partial charge is 0.263 e. The molecule has 0 aliphatic heterocycles. The fourth-order valence-corrected chi connectivity index (χ4v) is 1.19. The topological polar surface area (TPSA) is 67.6 Å². The molecule has 78 valence electrons. The summed E-state index contributed by atoms with van der Waals surface area (Å²) in [6, 6.07) is 5.78. The maximum absolute atomic E-state index is 12.2. The fourth-order valence-electron chi connectivity index (χ4n) is 1.19. The van der Waals surface area contributed by atoms with Crippen molar-refractivity contribution in [2.24, 2.45) is 0 Å². The number of nitrogens with zero attached hydrogens (tertiary/aromatic N) is 2. The van der Waals surface area contributed by atoms with Crippen LogP contribution in [0.1, 0.15) is 12.0 Å². The Morgan fingerprint density at radius 3 is 2.33 bits per heavy atom. The summed E-state index contributed by atoms with van der Waals surface area (Å²) in [6.07, 6.45) is -2.46. The summed E-state index contributed by atoms with van der Waals surface area (Å²) in [7, 11) is 0. The molecule has 1 heterocycles. The molecule has 15 heavy (non-hydrogen) atoms. The zero-order chi connectivity index (χ0) is 10.8. The van der Waals surface area contributed by atoms with Crippen LogP contribution >= 0.6 is 0 Å². The predicted octanol–water partition coefficient (Wildman–Crippen LogP) is 1.99. The van der Waals surface area contributed by atoms with Crippen molar-refractivity contribution in [1.82, 2.24) is 15.2 Å². The van der Waals surface area contributed by atoms with Gasteiger partial charge in [0.15, 0.2) is 5.82 Å². The Balaban J connectivity index is 2.31. The van der Waals surface area contributed by atoms with E-state index in [4.69, 9.17) is 5.73 Å². The third-order valence-corrected chi connectivity index (χ3v) is 1.94. The number of nitrogens with one attached hydrogen (secondary N) is 1. The van der Waals surface area contributed by atoms with Crippen LogP contribution < -0.4 is 5.73 Å². The number of hydrogen-bond donors (Lipinski definition) is 2. The molecule has 0 aliphatic carbocycles. The molecule has 0 spiro atoms. The highest BCUT2D eigenvalue weighted by atomic mass is 19.3. The van der Waals surface area contributed by atoms with Crippen molar-refractivity contribution in [2.45, 2.75) is 6.43 Å². The molecule has 0 saturated carbocycles. The normalized spacial score (nSPS) is 10.9. The minimum Gasteiger partial charge on any atom is -0.366 e. The lowest BCUT2D eigenvalue weighted by atomic mass is 10.1. The van der Waals surface area contributed by atoms with Gasteiger partial charge in [0.25, 0.3) is 6.43 Å². The van der Waals surface area contributed by atoms with Crippen molar-refractivity contribution in [3.8, 4) is 11.4 Å². The van der Waals surface area contributed by atoms with Gasteiger partial charge >= 0.3 is 0 Å². The van der Waals surface area contributed by atoms with Gasteiger partial charge in [-0.1, -0.05) is 24.3 Å². The number of rotatable bonds is 2. The monoisotopic (exact) mass is 210 g/mol. The minimum absolute atomic E-state index is 0.0220. The highest BCUT2D eigenvalue weighted by Crippen LogP contribution is 2.22. The zero-order valence-corrected chi connectivity index (χ0v) is 7.61. The summed E-state index contributed by atoms with van der Waals surface area (Å²) in [5, 5.41) is 6.24. The molecule has 1 aromatic heterocycles. The first-order chi connectivity index (χ1) is 7.16. The van der Waals surface area contributed by atoms with Gasteiger partial charge in [-0.15, -0.1) is 5.10 Å². The molecule has 0 radical (unpaired) electrons. The van der Waals surface area contributed by atoms with Gasteiger partial charge in [-0.25, -0.2) is 8.78 Å². The van der Waals surface area contributed by atoms with Gasteiger partial charge < -0.3 is 5.73 Å². The van der Waals surface area contributed by atoms with E-state index in [0.29, 0.717) is 11.4 Å². The summed E-state index contributed by atoms with van der Waals surface area (Å²) in [5.41, 5.74) is 5.97. The van der Waals surface area contributed by atoms with Crippen LogP contribution in [0.2, 0.25) is 0 Å². The lowest BCUT2D eigenvalue weighted by molar-refractivity contribution is 0.151. The Kier molecular flexibility index (Phi) is 2.32. The Morgan fingerprint density at radius 2 is 1.87 bits per heavy atom. The summed E-state index contributed by atoms with van der Waals surface area (Å²) < 4.78 is 24.5. The number of hydrogen-bond acceptors (Lipinski definition) is 3. The number of halogens is 2. The molecule has 3 N–H and O–H groups in total. The summed E-state index contributed by atoms with van der Waals surface area (Å²) in [6.45, 7) is 0. The fraction of sp³-hybridized carbons (Fsp3) is 0.111. The van der Waals surface area contributed by atoms with Crippen molar-refractivity contribution in [2.75, 3.05) is 5.73 Å². The minimum atomic E-state index is -2.46. The molecule has 0 fully saturated rings. The second kappa shape index (κ2) is 3.64. The van der Waals surface area contributed by atoms with Crippen molar-refractivity contribution in [3.05, 3.63) is 29.8 Å². The quantitative estimate of drug-likeness (QED) is 0.796. The lowest BCUT2D eigenvalue weighted by Crippen LogP contribution is -1.86. The summed E-state index contributed by atoms with van der Waals surface area (Å²) in [5.74, 6) is 0.594. The van der Waals surface area contributed by atoms with Crippen LogP contribution in [-0.2, 0) is 0 Å². The molecule has 0 atom stereocenters. The van der Waals surface area contributed by atoms with Gasteiger partial charge in [-0.2, -0.15) is 4.98 Å². The molecule has 0 unspecified atom stereocenters. The molecule has 0 aliphatic rings. The lowest BCUT2D eigenvalue weighted by Gasteiger charge is -2.00. The van der Waals surface area contributed by atoms with E-state index in [0.717, 1.165) is 0 Å². The molecule has 2 rings (SSSR count). The van der Waals surface area contributed by atoms with Crippen LogP contribution in [0.15, 0.2) is 24.3 Å². The van der Waals surface area contributed by atoms with Crippen LogP contribution in [0.5, 0.6) is 0 Å². The van der Waals surface area contributed by atoms with E-state index < -0.39 is 6.43 Å². The Labute approximate surface area is 84.1 Å². The number of benzene rings is 1. The maximum Gasteiger partial charge on any atom is 0.263 e. The van der Waals surface area contributed by atoms with Crippen LogP contribution in [-0.4, -0.2) is 15.2 Å². The molecule has 0 saturated heterocycles. The number of nitrogens with two attached hydrogens (primary N) is 1. The first-order valence-electron chi connectivity index (χ1n) is 4.23. The van der Waals surface area contributed by atoms with Crippen molar-refractivity contribution in [1.29, 1.82) is 0 Å². The van der Waals surface area contributed by atoms with Crippen LogP contribution in [0.4, 0.5) is 14.7 Å². The number of anilines is 1. The predicted molar refractivity (Wildman–Crippen MR) is 51.2 cm³/mol. The molecule has 1 aromatic carbocycles. The van der Waals surface area contributed by atoms with Crippen LogP contribution in [0.25, 0.3) is 11.4 Å². The molecule has 2 aromatic rings. The molecular formula is C9H8F2N4. The molecule has 6 heteroatoms. The Morgan fingerprint density at radius 1 is 1.20 bits per heavy atom. The second-order valence-electron chi connectivity index (χ2n) is 2.96. The molecule has 4 nitrogen and oxygen atoms in total. The molecule has 0 bridgehead atoms. The van der Waals surface area contributed by atoms with E-state index in [1.54, 1.807) is 12.1 Å². The second-order valence-corrected chi connectivity index (χ2v) is 2.96. The Bertz CT molecular complexity index is 449. The third kappa shape index (κ3) is 1.93. The number of nitrogen functional groups attached to an aromatic ring is 1. The van der Waals surface area contributed by atoms with Crippen LogP contribution in [0, 0.1) is 0 Å². The highest BCUT2D eigenvalue weighted by Gasteiger charge is 2.08. The first-order valence-corrected chi connectivity index (χ1v) is 4.23. The summed E-state index contributed by atoms with van der Waals surface area (Å²) >= 11 is 0. The van der Waals surface area contributed by atoms with E-state index in [1.165, 1.54) is 12.1 Å². The molecule has 0 amide bonds. The van der Waals surface area contributed by atoms with Gasteiger partial charge in [-0.3, -0.25) is 5.10 Å². The number of aromatic amines is 1. The third-order valence-electron chi connectivity index (χ3n) is 1.94. The van der Waals surface area contributed by atoms with Crippen LogP contribution in [0.3, 0.4) is 0 Å². The van der Waals surface area contributed by atoms with Gasteiger partial charge in [0.05, 0.1) is 0 Å². The standard InChI is InChI=1S/C9H8F2N4/c10-7(11)5-1-3-6(4-2-5)8-13-9(12)15-14-8/h1-4,7H,(H3,12,13,14,15). The number of H-pyrrole nitrogens is 1. The van der Waals surface area contributed by atoms with E-state index in [2.05, 4.69) is 15.2 Å². The molecular weight excluding hydrogens is 202 g/mol. The van der Waals surface area contributed by atoms with Crippen molar-refractivity contribution < 1.29 is 8.78 Å². The van der Waals surface area contributed by atoms with Crippen molar-refractivity contribution in [3.63, 3.8) is 0 Å². The number of aromatic nitrogens is 3. The average molecular weight is 210 g/mol. The van der Waals surface area contributed by atoms with Gasteiger partial charge in [0, 0.05) is 11.1 Å².